The van der Waals surface area contributed by atoms with Crippen molar-refractivity contribution in [2.24, 2.45) is 0 Å². The molecule has 1 N–H and O–H groups in total. The molecule has 1 aliphatic heterocycles. The number of likely N-dealkylation sites (N-methyl/N-ethyl adjacent to an activating group) is 2. The Morgan fingerprint density at radius 3 is 2.65 bits per heavy atom. The second-order valence-corrected chi connectivity index (χ2v) is 7.91. The van der Waals surface area contributed by atoms with Crippen LogP contribution >= 0.6 is 11.3 Å². The molecule has 20 heavy (non-hydrogen) atoms. The average Bonchev–Trinajstić information content (AvgIpc) is 2.82. The van der Waals surface area contributed by atoms with Crippen LogP contribution < -0.4 is 4.90 Å². The first-order chi connectivity index (χ1) is 9.32. The van der Waals surface area contributed by atoms with Gasteiger partial charge in [0.1, 0.15) is 0 Å². The number of hydrogen-bond donors (Lipinski definition) is 1. The third-order valence-electron chi connectivity index (χ3n) is 3.99. The van der Waals surface area contributed by atoms with Crippen LogP contribution in [0.3, 0.4) is 0 Å². The number of piperidine rings is 1. The summed E-state index contributed by atoms with van der Waals surface area (Å²) in [5.74, 6) is 0. The molecule has 0 radical (unpaired) electrons. The highest BCUT2D eigenvalue weighted by molar-refractivity contribution is 7.15. The van der Waals surface area contributed by atoms with Crippen LogP contribution in [0.4, 0.5) is 5.13 Å². The number of anilines is 1. The van der Waals surface area contributed by atoms with Crippen LogP contribution in [0.25, 0.3) is 0 Å². The van der Waals surface area contributed by atoms with Crippen molar-refractivity contribution in [1.29, 1.82) is 0 Å². The van der Waals surface area contributed by atoms with Crippen LogP contribution in [0.1, 0.15) is 44.2 Å². The standard InChI is InChI=1S/C15H27N3OS/c1-15(2,3)13-12(10-19)20-14(16-13)18(5)11-7-6-8-17(4)9-11/h11,19H,6-10H2,1-5H3. The van der Waals surface area contributed by atoms with E-state index >= 15 is 0 Å². The van der Waals surface area contributed by atoms with E-state index in [1.54, 1.807) is 11.3 Å². The molecule has 1 aliphatic rings. The van der Waals surface area contributed by atoms with Gasteiger partial charge in [-0.05, 0) is 26.4 Å². The van der Waals surface area contributed by atoms with Gasteiger partial charge in [-0.2, -0.15) is 0 Å². The maximum atomic E-state index is 9.57. The van der Waals surface area contributed by atoms with Crippen molar-refractivity contribution >= 4 is 16.5 Å². The topological polar surface area (TPSA) is 39.6 Å². The van der Waals surface area contributed by atoms with E-state index in [1.807, 2.05) is 0 Å². The Morgan fingerprint density at radius 2 is 2.15 bits per heavy atom. The molecule has 4 nitrogen and oxygen atoms in total. The van der Waals surface area contributed by atoms with Crippen molar-refractivity contribution in [1.82, 2.24) is 9.88 Å². The lowest BCUT2D eigenvalue weighted by molar-refractivity contribution is 0.248. The molecule has 1 aromatic rings. The number of aliphatic hydroxyl groups excluding tert-OH is 1. The number of hydrogen-bond acceptors (Lipinski definition) is 5. The molecule has 0 spiro atoms. The predicted octanol–water partition coefficient (Wildman–Crippen LogP) is 2.46. The molecular weight excluding hydrogens is 270 g/mol. The van der Waals surface area contributed by atoms with Gasteiger partial charge >= 0.3 is 0 Å². The summed E-state index contributed by atoms with van der Waals surface area (Å²) in [6.07, 6.45) is 2.47. The van der Waals surface area contributed by atoms with Gasteiger partial charge in [-0.3, -0.25) is 0 Å². The molecule has 0 saturated carbocycles. The van der Waals surface area contributed by atoms with Gasteiger partial charge in [0.05, 0.1) is 17.2 Å². The van der Waals surface area contributed by atoms with E-state index in [2.05, 4.69) is 44.7 Å². The Balaban J connectivity index is 2.22. The Labute approximate surface area is 126 Å². The largest absolute Gasteiger partial charge is 0.391 e. The van der Waals surface area contributed by atoms with Gasteiger partial charge in [0.15, 0.2) is 5.13 Å². The van der Waals surface area contributed by atoms with E-state index in [0.717, 1.165) is 22.2 Å². The van der Waals surface area contributed by atoms with E-state index < -0.39 is 0 Å². The van der Waals surface area contributed by atoms with Crippen LogP contribution in [0.5, 0.6) is 0 Å². The number of aliphatic hydroxyl groups is 1. The Bertz CT molecular complexity index is 452. The maximum Gasteiger partial charge on any atom is 0.185 e. The molecule has 1 fully saturated rings. The minimum atomic E-state index is -0.0169. The first-order valence-corrected chi connectivity index (χ1v) is 8.17. The smallest absolute Gasteiger partial charge is 0.185 e. The summed E-state index contributed by atoms with van der Waals surface area (Å²) < 4.78 is 0. The molecule has 1 aromatic heterocycles. The minimum Gasteiger partial charge on any atom is -0.391 e. The molecule has 0 aliphatic carbocycles. The maximum absolute atomic E-state index is 9.57. The zero-order valence-corrected chi connectivity index (χ0v) is 14.1. The highest BCUT2D eigenvalue weighted by atomic mass is 32.1. The zero-order valence-electron chi connectivity index (χ0n) is 13.3. The van der Waals surface area contributed by atoms with E-state index in [-0.39, 0.29) is 12.0 Å². The molecule has 1 unspecified atom stereocenters. The van der Waals surface area contributed by atoms with Crippen LogP contribution in [0.2, 0.25) is 0 Å². The lowest BCUT2D eigenvalue weighted by Gasteiger charge is -2.35. The Hall–Kier alpha value is -0.650. The van der Waals surface area contributed by atoms with Crippen molar-refractivity contribution in [3.05, 3.63) is 10.6 Å². The summed E-state index contributed by atoms with van der Waals surface area (Å²) in [7, 11) is 4.32. The predicted molar refractivity (Wildman–Crippen MR) is 85.7 cm³/mol. The van der Waals surface area contributed by atoms with Crippen LogP contribution in [-0.2, 0) is 12.0 Å². The van der Waals surface area contributed by atoms with Gasteiger partial charge in [0.2, 0.25) is 0 Å². The summed E-state index contributed by atoms with van der Waals surface area (Å²) in [5.41, 5.74) is 1.02. The Morgan fingerprint density at radius 1 is 1.45 bits per heavy atom. The fraction of sp³-hybridized carbons (Fsp3) is 0.800. The highest BCUT2D eigenvalue weighted by Crippen LogP contribution is 2.34. The van der Waals surface area contributed by atoms with E-state index in [1.165, 1.54) is 19.4 Å². The van der Waals surface area contributed by atoms with Gasteiger partial charge < -0.3 is 14.9 Å². The van der Waals surface area contributed by atoms with E-state index in [4.69, 9.17) is 4.98 Å². The fourth-order valence-corrected chi connectivity index (χ4v) is 3.96. The van der Waals surface area contributed by atoms with Crippen molar-refractivity contribution in [3.8, 4) is 0 Å². The van der Waals surface area contributed by atoms with Gasteiger partial charge in [-0.25, -0.2) is 4.98 Å². The third kappa shape index (κ3) is 3.32. The summed E-state index contributed by atoms with van der Waals surface area (Å²) in [4.78, 5) is 10.5. The van der Waals surface area contributed by atoms with Crippen molar-refractivity contribution in [2.75, 3.05) is 32.1 Å². The molecule has 0 bridgehead atoms. The molecule has 5 heteroatoms. The normalized spacial score (nSPS) is 21.2. The second kappa shape index (κ2) is 6.00. The summed E-state index contributed by atoms with van der Waals surface area (Å²) in [5, 5.41) is 10.6. The van der Waals surface area contributed by atoms with Crippen molar-refractivity contribution in [3.63, 3.8) is 0 Å². The molecule has 2 rings (SSSR count). The van der Waals surface area contributed by atoms with Crippen LogP contribution in [0.15, 0.2) is 0 Å². The summed E-state index contributed by atoms with van der Waals surface area (Å²) in [6, 6.07) is 0.527. The molecule has 114 valence electrons. The van der Waals surface area contributed by atoms with E-state index in [0.29, 0.717) is 6.04 Å². The summed E-state index contributed by atoms with van der Waals surface area (Å²) >= 11 is 1.64. The van der Waals surface area contributed by atoms with Gasteiger partial charge in [-0.1, -0.05) is 32.1 Å². The highest BCUT2D eigenvalue weighted by Gasteiger charge is 2.27. The summed E-state index contributed by atoms with van der Waals surface area (Å²) in [6.45, 7) is 8.83. The first kappa shape index (κ1) is 15.7. The number of thiazole rings is 1. The number of nitrogens with zero attached hydrogens (tertiary/aromatic N) is 3. The first-order valence-electron chi connectivity index (χ1n) is 7.35. The molecular formula is C15H27N3OS. The molecule has 0 amide bonds. The van der Waals surface area contributed by atoms with Gasteiger partial charge in [0.25, 0.3) is 0 Å². The quantitative estimate of drug-likeness (QED) is 0.930. The van der Waals surface area contributed by atoms with Crippen LogP contribution in [0, 0.1) is 0 Å². The molecule has 0 aromatic carbocycles. The number of likely N-dealkylation sites (tertiary alicyclic amines) is 1. The lowest BCUT2D eigenvalue weighted by atomic mass is 9.91. The third-order valence-corrected chi connectivity index (χ3v) is 5.12. The fourth-order valence-electron chi connectivity index (χ4n) is 2.79. The zero-order chi connectivity index (χ0) is 14.9. The second-order valence-electron chi connectivity index (χ2n) is 6.85. The lowest BCUT2D eigenvalue weighted by Crippen LogP contribution is -2.45. The monoisotopic (exact) mass is 297 g/mol. The number of aromatic nitrogens is 1. The van der Waals surface area contributed by atoms with Crippen molar-refractivity contribution in [2.45, 2.75) is 51.7 Å². The average molecular weight is 297 g/mol. The van der Waals surface area contributed by atoms with Crippen molar-refractivity contribution < 1.29 is 5.11 Å². The molecule has 1 atom stereocenters. The molecule has 1 saturated heterocycles. The minimum absolute atomic E-state index is 0.0169. The van der Waals surface area contributed by atoms with Crippen LogP contribution in [-0.4, -0.2) is 48.2 Å². The van der Waals surface area contributed by atoms with Gasteiger partial charge in [-0.15, -0.1) is 0 Å². The van der Waals surface area contributed by atoms with Gasteiger partial charge in [0, 0.05) is 25.0 Å². The Kier molecular flexibility index (Phi) is 4.72. The number of rotatable bonds is 3. The van der Waals surface area contributed by atoms with E-state index in [9.17, 15) is 5.11 Å². The molecule has 2 heterocycles. The SMILES string of the molecule is CN1CCCC(N(C)c2nc(C(C)(C)C)c(CO)s2)C1.